The lowest BCUT2D eigenvalue weighted by Gasteiger charge is -2.43. The molecule has 2 aromatic rings. The van der Waals surface area contributed by atoms with Crippen LogP contribution in [0.25, 0.3) is 0 Å². The van der Waals surface area contributed by atoms with Crippen LogP contribution in [-0.4, -0.2) is 45.7 Å². The summed E-state index contributed by atoms with van der Waals surface area (Å²) < 4.78 is 5.34. The molecular weight excluding hydrogens is 522 g/mol. The number of nitrogens with one attached hydrogen (secondary N) is 2. The Hall–Kier alpha value is -3.15. The molecule has 7 nitrogen and oxygen atoms in total. The second-order valence-corrected chi connectivity index (χ2v) is 11.6. The fourth-order valence-electron chi connectivity index (χ4n) is 3.89. The molecule has 0 spiro atoms. The molecule has 2 N–H and O–H groups in total. The number of terminal acetylenes is 1. The third kappa shape index (κ3) is 7.92. The number of carbonyl (C=O) groups is 3. The van der Waals surface area contributed by atoms with Gasteiger partial charge in [0.2, 0.25) is 5.91 Å². The average molecular weight is 558 g/mol. The summed E-state index contributed by atoms with van der Waals surface area (Å²) in [5.74, 6) is 1.55. The van der Waals surface area contributed by atoms with Crippen molar-refractivity contribution >= 4 is 47.8 Å². The van der Waals surface area contributed by atoms with Gasteiger partial charge in [-0.1, -0.05) is 47.9 Å². The Bertz CT molecular complexity index is 1210. The van der Waals surface area contributed by atoms with E-state index < -0.39 is 41.1 Å². The van der Waals surface area contributed by atoms with Crippen molar-refractivity contribution in [2.24, 2.45) is 0 Å². The summed E-state index contributed by atoms with van der Waals surface area (Å²) in [6.45, 7) is 12.4. The fraction of sp³-hybridized carbons (Fsp3) is 0.414. The number of benzene rings is 2. The number of halogens is 1. The Balaban J connectivity index is 2.64. The summed E-state index contributed by atoms with van der Waals surface area (Å²) >= 11 is 10.7. The van der Waals surface area contributed by atoms with Crippen molar-refractivity contribution in [1.82, 2.24) is 10.2 Å². The number of carbonyl (C=O) groups excluding carboxylic acids is 3. The number of para-hydroxylation sites is 1. The average Bonchev–Trinajstić information content (AvgIpc) is 2.80. The molecule has 0 aliphatic rings. The highest BCUT2D eigenvalue weighted by atomic mass is 35.5. The lowest BCUT2D eigenvalue weighted by Crippen LogP contribution is -2.58. The standard InChI is InChI=1S/C29H36ClN3O4S/c1-9-19-14-10-11-15-20(19)24(25(34)32-23-18(2)13-12-16-21(23)30)33(28(3,4)5)26(35)22(17-38)31-27(36)37-29(6,7)8/h1,10-16,22,24,38H,17H2,2-8H3,(H,31,36)(H,32,34). The van der Waals surface area contributed by atoms with Crippen LogP contribution in [0, 0.1) is 19.3 Å². The van der Waals surface area contributed by atoms with E-state index in [-0.39, 0.29) is 5.75 Å². The third-order valence-electron chi connectivity index (χ3n) is 5.52. The molecular formula is C29H36ClN3O4S. The van der Waals surface area contributed by atoms with Gasteiger partial charge in [0.1, 0.15) is 17.7 Å². The number of anilines is 1. The Morgan fingerprint density at radius 3 is 2.24 bits per heavy atom. The van der Waals surface area contributed by atoms with E-state index >= 15 is 0 Å². The predicted octanol–water partition coefficient (Wildman–Crippen LogP) is 5.76. The molecule has 3 amide bonds. The van der Waals surface area contributed by atoms with E-state index in [0.717, 1.165) is 5.56 Å². The Kier molecular flexibility index (Phi) is 10.3. The van der Waals surface area contributed by atoms with Crippen LogP contribution in [0.5, 0.6) is 0 Å². The molecule has 0 radical (unpaired) electrons. The maximum absolute atomic E-state index is 14.1. The molecule has 204 valence electrons. The predicted molar refractivity (Wildman–Crippen MR) is 156 cm³/mol. The molecule has 0 aromatic heterocycles. The number of nitrogens with zero attached hydrogens (tertiary/aromatic N) is 1. The molecule has 2 unspecified atom stereocenters. The van der Waals surface area contributed by atoms with Gasteiger partial charge in [0, 0.05) is 16.9 Å². The number of rotatable bonds is 7. The number of hydrogen-bond donors (Lipinski definition) is 3. The number of ether oxygens (including phenoxy) is 1. The van der Waals surface area contributed by atoms with Crippen LogP contribution >= 0.6 is 24.2 Å². The summed E-state index contributed by atoms with van der Waals surface area (Å²) in [7, 11) is 0. The van der Waals surface area contributed by atoms with Gasteiger partial charge in [0.05, 0.1) is 10.7 Å². The molecule has 0 aliphatic carbocycles. The second-order valence-electron chi connectivity index (χ2n) is 10.8. The minimum Gasteiger partial charge on any atom is -0.444 e. The summed E-state index contributed by atoms with van der Waals surface area (Å²) in [5.41, 5.74) is 0.444. The summed E-state index contributed by atoms with van der Waals surface area (Å²) in [6, 6.07) is 9.95. The second kappa shape index (κ2) is 12.6. The van der Waals surface area contributed by atoms with Crippen LogP contribution in [0.15, 0.2) is 42.5 Å². The van der Waals surface area contributed by atoms with Crippen LogP contribution in [0.4, 0.5) is 10.5 Å². The van der Waals surface area contributed by atoms with Crippen molar-refractivity contribution in [1.29, 1.82) is 0 Å². The van der Waals surface area contributed by atoms with Crippen LogP contribution in [0.1, 0.15) is 64.3 Å². The number of alkyl carbamates (subject to hydrolysis) is 1. The summed E-state index contributed by atoms with van der Waals surface area (Å²) in [5, 5.41) is 5.85. The van der Waals surface area contributed by atoms with Gasteiger partial charge in [-0.25, -0.2) is 4.79 Å². The van der Waals surface area contributed by atoms with Gasteiger partial charge in [-0.2, -0.15) is 12.6 Å². The zero-order valence-corrected chi connectivity index (χ0v) is 24.5. The van der Waals surface area contributed by atoms with E-state index in [9.17, 15) is 14.4 Å². The van der Waals surface area contributed by atoms with E-state index in [2.05, 4.69) is 29.2 Å². The first-order valence-corrected chi connectivity index (χ1v) is 13.2. The minimum absolute atomic E-state index is 0.0284. The number of aryl methyl sites for hydroxylation is 1. The summed E-state index contributed by atoms with van der Waals surface area (Å²) in [4.78, 5) is 42.1. The van der Waals surface area contributed by atoms with Crippen LogP contribution < -0.4 is 10.6 Å². The highest BCUT2D eigenvalue weighted by molar-refractivity contribution is 7.80. The highest BCUT2D eigenvalue weighted by Gasteiger charge is 2.42. The van der Waals surface area contributed by atoms with Gasteiger partial charge in [0.25, 0.3) is 5.91 Å². The maximum atomic E-state index is 14.1. The van der Waals surface area contributed by atoms with E-state index in [1.807, 2.05) is 13.0 Å². The molecule has 9 heteroatoms. The monoisotopic (exact) mass is 557 g/mol. The molecule has 38 heavy (non-hydrogen) atoms. The van der Waals surface area contributed by atoms with Crippen molar-refractivity contribution in [3.05, 3.63) is 64.2 Å². The van der Waals surface area contributed by atoms with Gasteiger partial charge in [-0.3, -0.25) is 9.59 Å². The van der Waals surface area contributed by atoms with Gasteiger partial charge in [-0.15, -0.1) is 6.42 Å². The normalized spacial score (nSPS) is 13.1. The van der Waals surface area contributed by atoms with E-state index in [0.29, 0.717) is 21.8 Å². The van der Waals surface area contributed by atoms with Crippen molar-refractivity contribution in [3.8, 4) is 12.3 Å². The first-order chi connectivity index (χ1) is 17.6. The van der Waals surface area contributed by atoms with E-state index in [1.54, 1.807) is 77.9 Å². The van der Waals surface area contributed by atoms with Gasteiger partial charge >= 0.3 is 6.09 Å². The fourth-order valence-corrected chi connectivity index (χ4v) is 4.41. The van der Waals surface area contributed by atoms with Crippen molar-refractivity contribution in [2.45, 2.75) is 71.7 Å². The maximum Gasteiger partial charge on any atom is 0.408 e. The zero-order valence-electron chi connectivity index (χ0n) is 22.9. The van der Waals surface area contributed by atoms with Crippen LogP contribution in [0.2, 0.25) is 5.02 Å². The van der Waals surface area contributed by atoms with Gasteiger partial charge in [-0.05, 0) is 71.7 Å². The van der Waals surface area contributed by atoms with Gasteiger partial charge < -0.3 is 20.3 Å². The molecule has 0 fully saturated rings. The van der Waals surface area contributed by atoms with Crippen molar-refractivity contribution < 1.29 is 19.1 Å². The van der Waals surface area contributed by atoms with Crippen molar-refractivity contribution in [2.75, 3.05) is 11.1 Å². The molecule has 2 aromatic carbocycles. The number of thiol groups is 1. The molecule has 0 heterocycles. The molecule has 2 rings (SSSR count). The number of amides is 3. The summed E-state index contributed by atoms with van der Waals surface area (Å²) in [6.07, 6.45) is 5.03. The number of hydrogen-bond acceptors (Lipinski definition) is 5. The van der Waals surface area contributed by atoms with E-state index in [1.165, 1.54) is 4.90 Å². The molecule has 0 bridgehead atoms. The third-order valence-corrected chi connectivity index (χ3v) is 6.20. The smallest absolute Gasteiger partial charge is 0.408 e. The SMILES string of the molecule is C#Cc1ccccc1C(C(=O)Nc1c(C)cccc1Cl)N(C(=O)C(CS)NC(=O)OC(C)(C)C)C(C)(C)C. The molecule has 0 saturated heterocycles. The molecule has 0 saturated carbocycles. The lowest BCUT2D eigenvalue weighted by atomic mass is 9.92. The topological polar surface area (TPSA) is 87.7 Å². The zero-order chi connectivity index (χ0) is 28.8. The molecule has 0 aliphatic heterocycles. The Labute approximate surface area is 236 Å². The van der Waals surface area contributed by atoms with Gasteiger partial charge in [0.15, 0.2) is 0 Å². The quantitative estimate of drug-likeness (QED) is 0.298. The lowest BCUT2D eigenvalue weighted by molar-refractivity contribution is -0.146. The highest BCUT2D eigenvalue weighted by Crippen LogP contribution is 2.34. The van der Waals surface area contributed by atoms with E-state index in [4.69, 9.17) is 22.8 Å². The minimum atomic E-state index is -1.16. The Morgan fingerprint density at radius 1 is 1.08 bits per heavy atom. The first kappa shape index (κ1) is 31.1. The first-order valence-electron chi connectivity index (χ1n) is 12.2. The van der Waals surface area contributed by atoms with Crippen LogP contribution in [0.3, 0.4) is 0 Å². The van der Waals surface area contributed by atoms with Crippen molar-refractivity contribution in [3.63, 3.8) is 0 Å². The largest absolute Gasteiger partial charge is 0.444 e. The Morgan fingerprint density at radius 2 is 1.71 bits per heavy atom. The van der Waals surface area contributed by atoms with Crippen LogP contribution in [-0.2, 0) is 14.3 Å². The molecule has 2 atom stereocenters.